The third-order valence-corrected chi connectivity index (χ3v) is 5.01. The lowest BCUT2D eigenvalue weighted by Gasteiger charge is -2.07. The summed E-state index contributed by atoms with van der Waals surface area (Å²) in [7, 11) is 0. The molecule has 2 aromatic heterocycles. The number of carbonyl (C=O) groups is 2. The molecule has 7 nitrogen and oxygen atoms in total. The Labute approximate surface area is 172 Å². The summed E-state index contributed by atoms with van der Waals surface area (Å²) in [5.74, 6) is -1.98. The molecule has 150 valence electrons. The predicted molar refractivity (Wildman–Crippen MR) is 112 cm³/mol. The summed E-state index contributed by atoms with van der Waals surface area (Å²) in [6, 6.07) is 16.3. The first-order valence-electron chi connectivity index (χ1n) is 9.49. The van der Waals surface area contributed by atoms with Crippen LogP contribution in [0.5, 0.6) is 0 Å². The van der Waals surface area contributed by atoms with E-state index in [-0.39, 0.29) is 12.0 Å². The molecule has 0 spiro atoms. The van der Waals surface area contributed by atoms with Crippen LogP contribution in [0.15, 0.2) is 54.6 Å². The van der Waals surface area contributed by atoms with Gasteiger partial charge in [0, 0.05) is 11.1 Å². The summed E-state index contributed by atoms with van der Waals surface area (Å²) < 4.78 is 0. The van der Waals surface area contributed by atoms with Crippen LogP contribution in [0.1, 0.15) is 28.4 Å². The van der Waals surface area contributed by atoms with Crippen molar-refractivity contribution in [1.82, 2.24) is 15.2 Å². The van der Waals surface area contributed by atoms with Gasteiger partial charge < -0.3 is 10.2 Å². The molecule has 0 radical (unpaired) electrons. The van der Waals surface area contributed by atoms with E-state index in [0.717, 1.165) is 12.0 Å². The Hall–Kier alpha value is -4.00. The molecule has 0 unspecified atom stereocenters. The van der Waals surface area contributed by atoms with Crippen molar-refractivity contribution in [1.29, 1.82) is 0 Å². The number of fused-ring (bicyclic) bond motifs is 1. The van der Waals surface area contributed by atoms with Crippen molar-refractivity contribution in [3.8, 4) is 22.5 Å². The molecule has 0 bridgehead atoms. The molecular formula is C23H19N3O4. The summed E-state index contributed by atoms with van der Waals surface area (Å²) in [6.07, 6.45) is 0.840. The Balaban J connectivity index is 1.81. The van der Waals surface area contributed by atoms with Gasteiger partial charge in [0.25, 0.3) is 0 Å². The van der Waals surface area contributed by atoms with E-state index in [1.54, 1.807) is 24.3 Å². The fourth-order valence-electron chi connectivity index (χ4n) is 3.42. The van der Waals surface area contributed by atoms with Gasteiger partial charge in [-0.05, 0) is 23.6 Å². The quantitative estimate of drug-likeness (QED) is 0.446. The SMILES string of the molecule is CCc1ccc(-c2[nH]nc3nc(-c4ccc(CC(=O)O)cc4)cc(C(=O)O)c23)cc1. The molecule has 0 aliphatic heterocycles. The van der Waals surface area contributed by atoms with Gasteiger partial charge in [-0.25, -0.2) is 9.78 Å². The first-order valence-corrected chi connectivity index (χ1v) is 9.49. The van der Waals surface area contributed by atoms with Crippen molar-refractivity contribution >= 4 is 23.0 Å². The molecule has 7 heteroatoms. The molecule has 0 aliphatic rings. The molecule has 0 fully saturated rings. The Kier molecular flexibility index (Phi) is 5.02. The van der Waals surface area contributed by atoms with Crippen LogP contribution in [0.4, 0.5) is 0 Å². The number of benzene rings is 2. The molecule has 0 amide bonds. The lowest BCUT2D eigenvalue weighted by atomic mass is 10.0. The molecule has 2 heterocycles. The highest BCUT2D eigenvalue weighted by molar-refractivity contribution is 6.08. The molecule has 0 atom stereocenters. The molecule has 3 N–H and O–H groups in total. The van der Waals surface area contributed by atoms with Crippen LogP contribution in [0.25, 0.3) is 33.5 Å². The molecule has 30 heavy (non-hydrogen) atoms. The number of carboxylic acids is 2. The number of aryl methyl sites for hydroxylation is 1. The number of aromatic carboxylic acids is 1. The van der Waals surface area contributed by atoms with Crippen LogP contribution >= 0.6 is 0 Å². The first kappa shape index (κ1) is 19.3. The molecule has 4 aromatic rings. The van der Waals surface area contributed by atoms with Crippen LogP contribution in [0, 0.1) is 0 Å². The maximum absolute atomic E-state index is 12.0. The van der Waals surface area contributed by atoms with Crippen molar-refractivity contribution in [3.63, 3.8) is 0 Å². The highest BCUT2D eigenvalue weighted by Crippen LogP contribution is 2.31. The number of aromatic nitrogens is 3. The Bertz CT molecular complexity index is 1240. The zero-order chi connectivity index (χ0) is 21.3. The molecule has 0 aliphatic carbocycles. The number of aromatic amines is 1. The maximum Gasteiger partial charge on any atom is 0.336 e. The standard InChI is InChI=1S/C23H19N3O4/c1-2-13-3-9-16(10-4-13)21-20-17(23(29)30)12-18(24-22(20)26-25-21)15-7-5-14(6-8-15)11-19(27)28/h3-10,12H,2,11H2,1H3,(H,27,28)(H,29,30)(H,24,25,26). The van der Waals surface area contributed by atoms with Gasteiger partial charge in [-0.3, -0.25) is 9.89 Å². The van der Waals surface area contributed by atoms with E-state index in [4.69, 9.17) is 5.11 Å². The van der Waals surface area contributed by atoms with E-state index < -0.39 is 11.9 Å². The Morgan fingerprint density at radius 3 is 2.17 bits per heavy atom. The normalized spacial score (nSPS) is 11.0. The van der Waals surface area contributed by atoms with E-state index in [1.807, 2.05) is 24.3 Å². The van der Waals surface area contributed by atoms with Gasteiger partial charge in [0.2, 0.25) is 0 Å². The summed E-state index contributed by atoms with van der Waals surface area (Å²) in [4.78, 5) is 27.4. The van der Waals surface area contributed by atoms with Crippen molar-refractivity contribution < 1.29 is 19.8 Å². The predicted octanol–water partition coefficient (Wildman–Crippen LogP) is 4.18. The van der Waals surface area contributed by atoms with Gasteiger partial charge in [0.15, 0.2) is 5.65 Å². The van der Waals surface area contributed by atoms with E-state index in [9.17, 15) is 14.7 Å². The topological polar surface area (TPSA) is 116 Å². The molecule has 0 saturated heterocycles. The molecular weight excluding hydrogens is 382 g/mol. The van der Waals surface area contributed by atoms with E-state index in [1.165, 1.54) is 11.6 Å². The lowest BCUT2D eigenvalue weighted by Crippen LogP contribution is -2.01. The van der Waals surface area contributed by atoms with Gasteiger partial charge >= 0.3 is 11.9 Å². The Morgan fingerprint density at radius 1 is 0.933 bits per heavy atom. The zero-order valence-corrected chi connectivity index (χ0v) is 16.2. The summed E-state index contributed by atoms with van der Waals surface area (Å²) in [5.41, 5.74) is 4.86. The van der Waals surface area contributed by atoms with Gasteiger partial charge in [-0.2, -0.15) is 5.10 Å². The van der Waals surface area contributed by atoms with Gasteiger partial charge in [0.05, 0.1) is 28.8 Å². The van der Waals surface area contributed by atoms with Crippen molar-refractivity contribution in [2.75, 3.05) is 0 Å². The van der Waals surface area contributed by atoms with Crippen molar-refractivity contribution in [2.24, 2.45) is 0 Å². The van der Waals surface area contributed by atoms with Crippen LogP contribution in [0.2, 0.25) is 0 Å². The minimum Gasteiger partial charge on any atom is -0.481 e. The highest BCUT2D eigenvalue weighted by Gasteiger charge is 2.19. The van der Waals surface area contributed by atoms with Crippen molar-refractivity contribution in [2.45, 2.75) is 19.8 Å². The number of hydrogen-bond acceptors (Lipinski definition) is 4. The minimum atomic E-state index is -1.07. The largest absolute Gasteiger partial charge is 0.481 e. The summed E-state index contributed by atoms with van der Waals surface area (Å²) >= 11 is 0. The number of nitrogens with one attached hydrogen (secondary N) is 1. The average Bonchev–Trinajstić information content (AvgIpc) is 3.17. The monoisotopic (exact) mass is 401 g/mol. The fraction of sp³-hybridized carbons (Fsp3) is 0.130. The third-order valence-electron chi connectivity index (χ3n) is 5.01. The first-order chi connectivity index (χ1) is 14.5. The number of aliphatic carboxylic acids is 1. The Morgan fingerprint density at radius 2 is 1.57 bits per heavy atom. The number of pyridine rings is 1. The number of nitrogens with zero attached hydrogens (tertiary/aromatic N) is 2. The van der Waals surface area contributed by atoms with E-state index >= 15 is 0 Å². The third kappa shape index (κ3) is 3.65. The van der Waals surface area contributed by atoms with E-state index in [0.29, 0.717) is 33.5 Å². The molecule has 4 rings (SSSR count). The number of hydrogen-bond donors (Lipinski definition) is 3. The van der Waals surface area contributed by atoms with Crippen LogP contribution < -0.4 is 0 Å². The smallest absolute Gasteiger partial charge is 0.336 e. The second kappa shape index (κ2) is 7.79. The minimum absolute atomic E-state index is 0.0767. The van der Waals surface area contributed by atoms with Gasteiger partial charge in [0.1, 0.15) is 0 Å². The summed E-state index contributed by atoms with van der Waals surface area (Å²) in [6.45, 7) is 2.07. The number of carboxylic acid groups (broad SMARTS) is 2. The van der Waals surface area contributed by atoms with Crippen molar-refractivity contribution in [3.05, 3.63) is 71.3 Å². The fourth-order valence-corrected chi connectivity index (χ4v) is 3.42. The van der Waals surface area contributed by atoms with Crippen LogP contribution in [0.3, 0.4) is 0 Å². The van der Waals surface area contributed by atoms with Crippen LogP contribution in [-0.4, -0.2) is 37.3 Å². The average molecular weight is 401 g/mol. The number of H-pyrrole nitrogens is 1. The maximum atomic E-state index is 12.0. The second-order valence-corrected chi connectivity index (χ2v) is 6.98. The lowest BCUT2D eigenvalue weighted by molar-refractivity contribution is -0.136. The molecule has 2 aromatic carbocycles. The van der Waals surface area contributed by atoms with E-state index in [2.05, 4.69) is 22.1 Å². The highest BCUT2D eigenvalue weighted by atomic mass is 16.4. The van der Waals surface area contributed by atoms with Gasteiger partial charge in [-0.15, -0.1) is 0 Å². The van der Waals surface area contributed by atoms with Crippen LogP contribution in [-0.2, 0) is 17.6 Å². The van der Waals surface area contributed by atoms with Gasteiger partial charge in [-0.1, -0.05) is 55.5 Å². The summed E-state index contributed by atoms with van der Waals surface area (Å²) in [5, 5.41) is 26.4. The molecule has 0 saturated carbocycles. The number of rotatable bonds is 6. The second-order valence-electron chi connectivity index (χ2n) is 6.98. The zero-order valence-electron chi connectivity index (χ0n) is 16.2.